The molecule has 5 nitrogen and oxygen atoms in total. The number of anilines is 1. The van der Waals surface area contributed by atoms with Gasteiger partial charge < -0.3 is 14.6 Å². The molecule has 0 bridgehead atoms. The smallest absolute Gasteiger partial charge is 0.252 e. The lowest BCUT2D eigenvalue weighted by Crippen LogP contribution is -2.26. The first-order chi connectivity index (χ1) is 11.3. The lowest BCUT2D eigenvalue weighted by Gasteiger charge is -2.19. The van der Waals surface area contributed by atoms with Gasteiger partial charge in [-0.3, -0.25) is 4.79 Å². The summed E-state index contributed by atoms with van der Waals surface area (Å²) in [6.07, 6.45) is 5.37. The van der Waals surface area contributed by atoms with Gasteiger partial charge in [-0.2, -0.15) is 0 Å². The molecule has 1 unspecified atom stereocenters. The van der Waals surface area contributed by atoms with Crippen molar-refractivity contribution in [2.75, 3.05) is 12.4 Å². The van der Waals surface area contributed by atoms with Gasteiger partial charge in [-0.05, 0) is 29.8 Å². The van der Waals surface area contributed by atoms with Gasteiger partial charge in [0, 0.05) is 18.6 Å². The number of methoxy groups -OCH3 is 1. The van der Waals surface area contributed by atoms with Gasteiger partial charge in [0.25, 0.3) is 5.91 Å². The van der Waals surface area contributed by atoms with Crippen molar-refractivity contribution in [1.82, 2.24) is 9.55 Å². The first-order valence-corrected chi connectivity index (χ1v) is 7.27. The van der Waals surface area contributed by atoms with Crippen molar-refractivity contribution in [3.8, 4) is 5.88 Å². The molecule has 1 atom stereocenters. The van der Waals surface area contributed by atoms with Crippen LogP contribution in [-0.4, -0.2) is 22.6 Å². The largest absolute Gasteiger partial charge is 0.480 e. The number of amides is 1. The van der Waals surface area contributed by atoms with Crippen LogP contribution < -0.4 is 10.1 Å². The van der Waals surface area contributed by atoms with Crippen LogP contribution in [0.5, 0.6) is 5.88 Å². The number of pyridine rings is 1. The van der Waals surface area contributed by atoms with Gasteiger partial charge in [0.2, 0.25) is 5.88 Å². The number of nitrogens with one attached hydrogen (secondary N) is 1. The van der Waals surface area contributed by atoms with Crippen molar-refractivity contribution < 1.29 is 9.53 Å². The minimum absolute atomic E-state index is 0.154. The zero-order chi connectivity index (χ0) is 16.1. The summed E-state index contributed by atoms with van der Waals surface area (Å²) in [5.41, 5.74) is 1.46. The predicted molar refractivity (Wildman–Crippen MR) is 88.4 cm³/mol. The predicted octanol–water partition coefficient (Wildman–Crippen LogP) is 3.12. The van der Waals surface area contributed by atoms with Crippen LogP contribution >= 0.6 is 0 Å². The summed E-state index contributed by atoms with van der Waals surface area (Å²) < 4.78 is 7.06. The maximum atomic E-state index is 12.9. The molecule has 5 heteroatoms. The average molecular weight is 307 g/mol. The lowest BCUT2D eigenvalue weighted by atomic mass is 10.1. The number of hydrogen-bond donors (Lipinski definition) is 1. The number of carbonyl (C=O) groups is 1. The maximum absolute atomic E-state index is 12.9. The summed E-state index contributed by atoms with van der Waals surface area (Å²) in [5.74, 6) is 0.235. The Morgan fingerprint density at radius 2 is 1.83 bits per heavy atom. The van der Waals surface area contributed by atoms with Crippen LogP contribution in [0.25, 0.3) is 0 Å². The SMILES string of the molecule is COc1ncccc1NC(=O)C(c1ccccc1)n1cccc1. The summed E-state index contributed by atoms with van der Waals surface area (Å²) >= 11 is 0. The van der Waals surface area contributed by atoms with E-state index in [9.17, 15) is 4.79 Å². The van der Waals surface area contributed by atoms with Crippen molar-refractivity contribution in [1.29, 1.82) is 0 Å². The molecule has 0 saturated carbocycles. The number of nitrogens with zero attached hydrogens (tertiary/aromatic N) is 2. The Morgan fingerprint density at radius 1 is 1.09 bits per heavy atom. The second-order valence-corrected chi connectivity index (χ2v) is 4.99. The molecule has 23 heavy (non-hydrogen) atoms. The number of hydrogen-bond acceptors (Lipinski definition) is 3. The van der Waals surface area contributed by atoms with E-state index in [1.165, 1.54) is 7.11 Å². The second kappa shape index (κ2) is 6.79. The van der Waals surface area contributed by atoms with Gasteiger partial charge in [-0.15, -0.1) is 0 Å². The molecule has 2 aromatic heterocycles. The van der Waals surface area contributed by atoms with E-state index in [0.717, 1.165) is 5.56 Å². The fraction of sp³-hybridized carbons (Fsp3) is 0.111. The lowest BCUT2D eigenvalue weighted by molar-refractivity contribution is -0.118. The Kier molecular flexibility index (Phi) is 4.38. The molecule has 3 rings (SSSR count). The molecule has 3 aromatic rings. The van der Waals surface area contributed by atoms with E-state index < -0.39 is 6.04 Å². The molecule has 0 aliphatic rings. The molecule has 0 aliphatic carbocycles. The van der Waals surface area contributed by atoms with Crippen LogP contribution in [0.1, 0.15) is 11.6 Å². The van der Waals surface area contributed by atoms with Crippen LogP contribution in [0.2, 0.25) is 0 Å². The van der Waals surface area contributed by atoms with E-state index in [1.807, 2.05) is 59.4 Å². The van der Waals surface area contributed by atoms with Crippen LogP contribution in [0.3, 0.4) is 0 Å². The van der Waals surface area contributed by atoms with E-state index in [-0.39, 0.29) is 5.91 Å². The summed E-state index contributed by atoms with van der Waals surface area (Å²) in [6.45, 7) is 0. The first kappa shape index (κ1) is 14.8. The second-order valence-electron chi connectivity index (χ2n) is 4.99. The standard InChI is InChI=1S/C18H17N3O2/c1-23-18-15(10-7-11-19-18)20-17(22)16(21-12-5-6-13-21)14-8-3-2-4-9-14/h2-13,16H,1H3,(H,20,22). The van der Waals surface area contributed by atoms with Crippen LogP contribution in [0, 0.1) is 0 Å². The summed E-state index contributed by atoms with van der Waals surface area (Å²) in [7, 11) is 1.53. The van der Waals surface area contributed by atoms with E-state index in [2.05, 4.69) is 10.3 Å². The monoisotopic (exact) mass is 307 g/mol. The number of carbonyl (C=O) groups excluding carboxylic acids is 1. The normalized spacial score (nSPS) is 11.7. The quantitative estimate of drug-likeness (QED) is 0.788. The van der Waals surface area contributed by atoms with E-state index in [1.54, 1.807) is 18.3 Å². The molecule has 0 spiro atoms. The Hall–Kier alpha value is -3.08. The fourth-order valence-corrected chi connectivity index (χ4v) is 2.46. The zero-order valence-corrected chi connectivity index (χ0v) is 12.7. The number of benzene rings is 1. The molecular formula is C18H17N3O2. The molecule has 1 aromatic carbocycles. The van der Waals surface area contributed by atoms with Crippen molar-refractivity contribution in [2.45, 2.75) is 6.04 Å². The van der Waals surface area contributed by atoms with Gasteiger partial charge in [-0.1, -0.05) is 30.3 Å². The van der Waals surface area contributed by atoms with Gasteiger partial charge in [-0.25, -0.2) is 4.98 Å². The highest BCUT2D eigenvalue weighted by Gasteiger charge is 2.22. The fourth-order valence-electron chi connectivity index (χ4n) is 2.46. The maximum Gasteiger partial charge on any atom is 0.252 e. The third-order valence-electron chi connectivity index (χ3n) is 3.51. The van der Waals surface area contributed by atoms with Crippen molar-refractivity contribution in [2.24, 2.45) is 0 Å². The minimum atomic E-state index is -0.462. The van der Waals surface area contributed by atoms with Crippen LogP contribution in [-0.2, 0) is 4.79 Å². The van der Waals surface area contributed by atoms with Gasteiger partial charge in [0.1, 0.15) is 11.7 Å². The zero-order valence-electron chi connectivity index (χ0n) is 12.7. The summed E-state index contributed by atoms with van der Waals surface area (Å²) in [4.78, 5) is 17.0. The minimum Gasteiger partial charge on any atom is -0.480 e. The van der Waals surface area contributed by atoms with E-state index in [0.29, 0.717) is 11.6 Å². The third kappa shape index (κ3) is 3.23. The highest BCUT2D eigenvalue weighted by molar-refractivity contribution is 5.96. The molecule has 0 saturated heterocycles. The van der Waals surface area contributed by atoms with Crippen LogP contribution in [0.15, 0.2) is 73.2 Å². The highest BCUT2D eigenvalue weighted by atomic mass is 16.5. The molecule has 0 aliphatic heterocycles. The molecule has 1 amide bonds. The van der Waals surface area contributed by atoms with E-state index in [4.69, 9.17) is 4.74 Å². The van der Waals surface area contributed by atoms with Crippen molar-refractivity contribution >= 4 is 11.6 Å². The molecule has 116 valence electrons. The Labute approximate surface area is 134 Å². The van der Waals surface area contributed by atoms with Crippen LogP contribution in [0.4, 0.5) is 5.69 Å². The van der Waals surface area contributed by atoms with E-state index >= 15 is 0 Å². The molecule has 2 heterocycles. The molecule has 0 radical (unpaired) electrons. The highest BCUT2D eigenvalue weighted by Crippen LogP contribution is 2.24. The molecular weight excluding hydrogens is 290 g/mol. The van der Waals surface area contributed by atoms with Gasteiger partial charge in [0.05, 0.1) is 7.11 Å². The van der Waals surface area contributed by atoms with Gasteiger partial charge >= 0.3 is 0 Å². The summed E-state index contributed by atoms with van der Waals surface area (Å²) in [5, 5.41) is 2.90. The Morgan fingerprint density at radius 3 is 2.52 bits per heavy atom. The third-order valence-corrected chi connectivity index (χ3v) is 3.51. The Balaban J connectivity index is 1.93. The van der Waals surface area contributed by atoms with Crippen molar-refractivity contribution in [3.05, 3.63) is 78.8 Å². The van der Waals surface area contributed by atoms with Crippen molar-refractivity contribution in [3.63, 3.8) is 0 Å². The number of ether oxygens (including phenoxy) is 1. The number of rotatable bonds is 5. The average Bonchev–Trinajstić information content (AvgIpc) is 3.10. The van der Waals surface area contributed by atoms with Gasteiger partial charge in [0.15, 0.2) is 0 Å². The summed E-state index contributed by atoms with van der Waals surface area (Å²) in [6, 6.07) is 16.5. The first-order valence-electron chi connectivity index (χ1n) is 7.27. The Bertz CT molecular complexity index is 770. The molecule has 0 fully saturated rings. The topological polar surface area (TPSA) is 56.1 Å². The number of aromatic nitrogens is 2. The molecule has 1 N–H and O–H groups in total.